The minimum absolute atomic E-state index is 0.171. The van der Waals surface area contributed by atoms with Crippen molar-refractivity contribution in [2.75, 3.05) is 6.61 Å². The number of hydrogen-bond donors (Lipinski definition) is 0. The molecule has 0 fully saturated rings. The number of pyridine rings is 1. The van der Waals surface area contributed by atoms with Crippen molar-refractivity contribution < 1.29 is 9.53 Å². The average Bonchev–Trinajstić information content (AvgIpc) is 2.39. The monoisotopic (exact) mass is 257 g/mol. The van der Waals surface area contributed by atoms with Crippen LogP contribution in [0.25, 0.3) is 10.8 Å². The number of carbonyl (C=O) groups excluding carboxylic acids is 1. The Balaban J connectivity index is 2.53. The van der Waals surface area contributed by atoms with Crippen molar-refractivity contribution in [3.63, 3.8) is 0 Å². The maximum Gasteiger partial charge on any atom is 0.313 e. The van der Waals surface area contributed by atoms with Gasteiger partial charge < -0.3 is 4.74 Å². The van der Waals surface area contributed by atoms with Gasteiger partial charge in [-0.3, -0.25) is 9.78 Å². The van der Waals surface area contributed by atoms with Crippen molar-refractivity contribution in [3.8, 4) is 0 Å². The van der Waals surface area contributed by atoms with Crippen molar-refractivity contribution in [1.82, 2.24) is 4.98 Å². The quantitative estimate of drug-likeness (QED) is 0.786. The molecule has 2 aromatic rings. The molecule has 0 radical (unpaired) electrons. The Morgan fingerprint density at radius 2 is 2.00 bits per heavy atom. The zero-order valence-electron chi connectivity index (χ0n) is 11.6. The molecule has 0 aliphatic carbocycles. The van der Waals surface area contributed by atoms with Crippen molar-refractivity contribution in [2.45, 2.75) is 26.7 Å². The van der Waals surface area contributed by atoms with E-state index in [1.54, 1.807) is 6.20 Å². The standard InChI is InChI=1S/C16H19NO2/c1-4-19-16(18)15(11(2)3)14-10-17-9-12-7-5-6-8-13(12)14/h5-11,15H,4H2,1-3H3. The Kier molecular flexibility index (Phi) is 4.15. The molecule has 0 saturated carbocycles. The van der Waals surface area contributed by atoms with Gasteiger partial charge in [-0.1, -0.05) is 38.1 Å². The zero-order valence-corrected chi connectivity index (χ0v) is 11.6. The number of ether oxygens (including phenoxy) is 1. The van der Waals surface area contributed by atoms with Crippen molar-refractivity contribution in [3.05, 3.63) is 42.2 Å². The predicted molar refractivity (Wildman–Crippen MR) is 76.0 cm³/mol. The van der Waals surface area contributed by atoms with Crippen LogP contribution in [0.15, 0.2) is 36.7 Å². The molecule has 1 aromatic carbocycles. The van der Waals surface area contributed by atoms with Crippen LogP contribution in [0, 0.1) is 5.92 Å². The van der Waals surface area contributed by atoms with Gasteiger partial charge in [0.05, 0.1) is 12.5 Å². The van der Waals surface area contributed by atoms with Gasteiger partial charge in [0, 0.05) is 17.8 Å². The molecule has 0 saturated heterocycles. The highest BCUT2D eigenvalue weighted by Crippen LogP contribution is 2.31. The van der Waals surface area contributed by atoms with Crippen LogP contribution in [-0.2, 0) is 9.53 Å². The van der Waals surface area contributed by atoms with Gasteiger partial charge in [-0.15, -0.1) is 0 Å². The Morgan fingerprint density at radius 1 is 1.26 bits per heavy atom. The first kappa shape index (κ1) is 13.5. The maximum atomic E-state index is 12.2. The minimum atomic E-state index is -0.265. The van der Waals surface area contributed by atoms with E-state index in [2.05, 4.69) is 4.98 Å². The molecule has 1 unspecified atom stereocenters. The molecule has 1 heterocycles. The van der Waals surface area contributed by atoms with E-state index in [1.165, 1.54) is 0 Å². The van der Waals surface area contributed by atoms with Crippen LogP contribution < -0.4 is 0 Å². The summed E-state index contributed by atoms with van der Waals surface area (Å²) in [6.07, 6.45) is 3.60. The van der Waals surface area contributed by atoms with E-state index < -0.39 is 0 Å². The topological polar surface area (TPSA) is 39.2 Å². The molecule has 1 atom stereocenters. The number of benzene rings is 1. The Hall–Kier alpha value is -1.90. The first-order valence-corrected chi connectivity index (χ1v) is 6.64. The second kappa shape index (κ2) is 5.83. The molecule has 2 rings (SSSR count). The zero-order chi connectivity index (χ0) is 13.8. The number of nitrogens with zero attached hydrogens (tertiary/aromatic N) is 1. The van der Waals surface area contributed by atoms with E-state index in [-0.39, 0.29) is 17.8 Å². The second-order valence-corrected chi connectivity index (χ2v) is 4.92. The van der Waals surface area contributed by atoms with Crippen molar-refractivity contribution in [1.29, 1.82) is 0 Å². The molecule has 0 spiro atoms. The molecule has 100 valence electrons. The van der Waals surface area contributed by atoms with Gasteiger partial charge in [0.1, 0.15) is 0 Å². The van der Waals surface area contributed by atoms with Gasteiger partial charge in [-0.05, 0) is 23.8 Å². The van der Waals surface area contributed by atoms with Crippen LogP contribution in [0.1, 0.15) is 32.3 Å². The van der Waals surface area contributed by atoms with Gasteiger partial charge in [-0.2, -0.15) is 0 Å². The molecule has 3 nitrogen and oxygen atoms in total. The minimum Gasteiger partial charge on any atom is -0.466 e. The van der Waals surface area contributed by atoms with Crippen molar-refractivity contribution >= 4 is 16.7 Å². The molecule has 3 heteroatoms. The fraction of sp³-hybridized carbons (Fsp3) is 0.375. The Morgan fingerprint density at radius 3 is 2.68 bits per heavy atom. The van der Waals surface area contributed by atoms with Crippen molar-refractivity contribution in [2.24, 2.45) is 5.92 Å². The molecular formula is C16H19NO2. The summed E-state index contributed by atoms with van der Waals surface area (Å²) in [5.41, 5.74) is 0.951. The normalized spacial score (nSPS) is 12.6. The summed E-state index contributed by atoms with van der Waals surface area (Å²) in [6, 6.07) is 7.99. The van der Waals surface area contributed by atoms with Crippen LogP contribution in [0.2, 0.25) is 0 Å². The van der Waals surface area contributed by atoms with Crippen LogP contribution in [0.3, 0.4) is 0 Å². The van der Waals surface area contributed by atoms with E-state index in [1.807, 2.05) is 51.2 Å². The summed E-state index contributed by atoms with van der Waals surface area (Å²) in [6.45, 7) is 6.30. The van der Waals surface area contributed by atoms with E-state index in [4.69, 9.17) is 4.74 Å². The molecule has 0 bridgehead atoms. The predicted octanol–water partition coefficient (Wildman–Crippen LogP) is 3.54. The van der Waals surface area contributed by atoms with Crippen LogP contribution in [-0.4, -0.2) is 17.6 Å². The Bertz CT molecular complexity index is 572. The Labute approximate surface area is 113 Å². The van der Waals surface area contributed by atoms with Gasteiger partial charge >= 0.3 is 5.97 Å². The van der Waals surface area contributed by atoms with Crippen LogP contribution in [0.5, 0.6) is 0 Å². The van der Waals surface area contributed by atoms with E-state index in [0.29, 0.717) is 6.61 Å². The van der Waals surface area contributed by atoms with E-state index in [9.17, 15) is 4.79 Å². The van der Waals surface area contributed by atoms with Gasteiger partial charge in [0.15, 0.2) is 0 Å². The highest BCUT2D eigenvalue weighted by Gasteiger charge is 2.27. The SMILES string of the molecule is CCOC(=O)C(c1cncc2ccccc12)C(C)C. The molecule has 0 aliphatic rings. The lowest BCUT2D eigenvalue weighted by molar-refractivity contribution is -0.146. The summed E-state index contributed by atoms with van der Waals surface area (Å²) in [5.74, 6) is -0.263. The number of esters is 1. The van der Waals surface area contributed by atoms with E-state index in [0.717, 1.165) is 16.3 Å². The summed E-state index contributed by atoms with van der Waals surface area (Å²) in [4.78, 5) is 16.4. The third-order valence-corrected chi connectivity index (χ3v) is 3.24. The fourth-order valence-electron chi connectivity index (χ4n) is 2.38. The molecule has 0 amide bonds. The average molecular weight is 257 g/mol. The van der Waals surface area contributed by atoms with Gasteiger partial charge in [0.25, 0.3) is 0 Å². The molecular weight excluding hydrogens is 238 g/mol. The van der Waals surface area contributed by atoms with Crippen LogP contribution >= 0.6 is 0 Å². The van der Waals surface area contributed by atoms with Gasteiger partial charge in [-0.25, -0.2) is 0 Å². The second-order valence-electron chi connectivity index (χ2n) is 4.92. The number of aromatic nitrogens is 1. The summed E-state index contributed by atoms with van der Waals surface area (Å²) < 4.78 is 5.20. The smallest absolute Gasteiger partial charge is 0.313 e. The van der Waals surface area contributed by atoms with E-state index >= 15 is 0 Å². The van der Waals surface area contributed by atoms with Crippen LogP contribution in [0.4, 0.5) is 0 Å². The highest BCUT2D eigenvalue weighted by atomic mass is 16.5. The molecule has 1 aromatic heterocycles. The third-order valence-electron chi connectivity index (χ3n) is 3.24. The van der Waals surface area contributed by atoms with Gasteiger partial charge in [0.2, 0.25) is 0 Å². The number of fused-ring (bicyclic) bond motifs is 1. The first-order valence-electron chi connectivity index (χ1n) is 6.64. The molecule has 19 heavy (non-hydrogen) atoms. The number of hydrogen-bond acceptors (Lipinski definition) is 3. The fourth-order valence-corrected chi connectivity index (χ4v) is 2.38. The summed E-state index contributed by atoms with van der Waals surface area (Å²) in [7, 11) is 0. The lowest BCUT2D eigenvalue weighted by atomic mass is 9.87. The molecule has 0 N–H and O–H groups in total. The number of rotatable bonds is 4. The highest BCUT2D eigenvalue weighted by molar-refractivity contribution is 5.90. The largest absolute Gasteiger partial charge is 0.466 e. The number of carbonyl (C=O) groups is 1. The third kappa shape index (κ3) is 2.75. The maximum absolute atomic E-state index is 12.2. The summed E-state index contributed by atoms with van der Waals surface area (Å²) >= 11 is 0. The lowest BCUT2D eigenvalue weighted by Gasteiger charge is -2.20. The first-order chi connectivity index (χ1) is 9.15. The summed E-state index contributed by atoms with van der Waals surface area (Å²) in [5, 5.41) is 2.12. The molecule has 0 aliphatic heterocycles. The lowest BCUT2D eigenvalue weighted by Crippen LogP contribution is -2.21.